The Bertz CT molecular complexity index is 1090. The number of nitrogens with zero attached hydrogens (tertiary/aromatic N) is 1. The van der Waals surface area contributed by atoms with E-state index in [0.29, 0.717) is 6.42 Å². The second kappa shape index (κ2) is 7.21. The number of aromatic nitrogens is 1. The van der Waals surface area contributed by atoms with Crippen molar-refractivity contribution in [1.29, 1.82) is 0 Å². The lowest BCUT2D eigenvalue weighted by molar-refractivity contribution is -0.116. The van der Waals surface area contributed by atoms with Gasteiger partial charge in [-0.2, -0.15) is 0 Å². The maximum Gasteiger partial charge on any atom is 0.163 e. The second-order valence-electron chi connectivity index (χ2n) is 7.87. The van der Waals surface area contributed by atoms with Crippen molar-refractivity contribution in [3.8, 4) is 0 Å². The molecule has 1 aliphatic carbocycles. The van der Waals surface area contributed by atoms with Gasteiger partial charge in [0, 0.05) is 30.1 Å². The summed E-state index contributed by atoms with van der Waals surface area (Å²) < 4.78 is 0. The number of para-hydroxylation sites is 2. The number of ketones is 1. The molecule has 0 fully saturated rings. The molecule has 4 nitrogen and oxygen atoms in total. The molecule has 0 saturated heterocycles. The molecule has 1 aromatic heterocycles. The lowest BCUT2D eigenvalue weighted by atomic mass is 9.78. The minimum absolute atomic E-state index is 0.189. The molecule has 0 amide bonds. The Morgan fingerprint density at radius 2 is 1.69 bits per heavy atom. The quantitative estimate of drug-likeness (QED) is 0.627. The van der Waals surface area contributed by atoms with E-state index in [0.717, 1.165) is 34.6 Å². The van der Waals surface area contributed by atoms with Crippen LogP contribution in [0.4, 0.5) is 11.4 Å². The number of carbonyl (C=O) groups excluding carboxylic acids is 1. The highest BCUT2D eigenvalue weighted by Crippen LogP contribution is 2.44. The van der Waals surface area contributed by atoms with Crippen LogP contribution in [0.1, 0.15) is 41.5 Å². The van der Waals surface area contributed by atoms with Crippen LogP contribution < -0.4 is 10.6 Å². The van der Waals surface area contributed by atoms with Crippen molar-refractivity contribution in [1.82, 2.24) is 4.98 Å². The van der Waals surface area contributed by atoms with Gasteiger partial charge < -0.3 is 10.6 Å². The minimum Gasteiger partial charge on any atom is -0.372 e. The van der Waals surface area contributed by atoms with Crippen molar-refractivity contribution < 1.29 is 4.79 Å². The van der Waals surface area contributed by atoms with Crippen LogP contribution in [0.5, 0.6) is 0 Å². The summed E-state index contributed by atoms with van der Waals surface area (Å²) in [6, 6.07) is 20.4. The van der Waals surface area contributed by atoms with E-state index >= 15 is 0 Å². The highest BCUT2D eigenvalue weighted by molar-refractivity contribution is 6.01. The van der Waals surface area contributed by atoms with Gasteiger partial charge in [-0.25, -0.2) is 0 Å². The predicted molar refractivity (Wildman–Crippen MR) is 116 cm³/mol. The molecular formula is C25H23N3O. The molecule has 2 heterocycles. The van der Waals surface area contributed by atoms with E-state index in [4.69, 9.17) is 0 Å². The number of aryl methyl sites for hydroxylation is 1. The van der Waals surface area contributed by atoms with Crippen LogP contribution in [0.2, 0.25) is 0 Å². The third kappa shape index (κ3) is 3.31. The second-order valence-corrected chi connectivity index (χ2v) is 7.87. The number of Topliss-reactive ketones (excluding diaryl/α,β-unsaturated/α-hetero) is 1. The molecule has 0 bridgehead atoms. The number of nitrogens with one attached hydrogen (secondary N) is 2. The van der Waals surface area contributed by atoms with Crippen LogP contribution in [-0.2, 0) is 4.79 Å². The highest BCUT2D eigenvalue weighted by Gasteiger charge is 2.36. The first kappa shape index (κ1) is 17.7. The predicted octanol–water partition coefficient (Wildman–Crippen LogP) is 5.37. The van der Waals surface area contributed by atoms with Crippen molar-refractivity contribution in [2.75, 3.05) is 10.6 Å². The average Bonchev–Trinajstić information content (AvgIpc) is 2.92. The number of carbonyl (C=O) groups is 1. The molecule has 2 N–H and O–H groups in total. The summed E-state index contributed by atoms with van der Waals surface area (Å²) in [6.45, 7) is 2.09. The van der Waals surface area contributed by atoms with E-state index in [9.17, 15) is 4.79 Å². The van der Waals surface area contributed by atoms with Gasteiger partial charge in [0.25, 0.3) is 0 Å². The number of allylic oxidation sites excluding steroid dienone is 1. The van der Waals surface area contributed by atoms with Gasteiger partial charge in [0.1, 0.15) is 0 Å². The van der Waals surface area contributed by atoms with Crippen molar-refractivity contribution in [3.63, 3.8) is 0 Å². The topological polar surface area (TPSA) is 54.0 Å². The smallest absolute Gasteiger partial charge is 0.163 e. The zero-order valence-electron chi connectivity index (χ0n) is 16.4. The minimum atomic E-state index is -0.207. The van der Waals surface area contributed by atoms with Gasteiger partial charge in [-0.15, -0.1) is 0 Å². The molecule has 2 atom stereocenters. The number of hydrogen-bond acceptors (Lipinski definition) is 4. The van der Waals surface area contributed by atoms with Crippen molar-refractivity contribution in [2.24, 2.45) is 0 Å². The summed E-state index contributed by atoms with van der Waals surface area (Å²) in [5.74, 6) is 0.382. The van der Waals surface area contributed by atoms with Crippen molar-refractivity contribution in [3.05, 3.63) is 101 Å². The Labute approximate surface area is 170 Å². The fourth-order valence-electron chi connectivity index (χ4n) is 4.36. The third-order valence-corrected chi connectivity index (χ3v) is 5.88. The zero-order valence-corrected chi connectivity index (χ0v) is 16.4. The van der Waals surface area contributed by atoms with Gasteiger partial charge in [-0.1, -0.05) is 48.0 Å². The lowest BCUT2D eigenvalue weighted by Gasteiger charge is -2.29. The summed E-state index contributed by atoms with van der Waals surface area (Å²) in [6.07, 6.45) is 4.95. The molecule has 29 heavy (non-hydrogen) atoms. The maximum absolute atomic E-state index is 13.4. The summed E-state index contributed by atoms with van der Waals surface area (Å²) in [7, 11) is 0. The molecule has 144 valence electrons. The number of hydrogen-bond donors (Lipinski definition) is 2. The molecular weight excluding hydrogens is 358 g/mol. The number of benzene rings is 2. The van der Waals surface area contributed by atoms with Gasteiger partial charge in [0.2, 0.25) is 0 Å². The Hall–Kier alpha value is -3.40. The maximum atomic E-state index is 13.4. The standard InChI is InChI=1S/C25H23N3O/c1-16-8-10-17(11-9-16)19-13-22-24(23(29)14-19)25(18-5-4-12-26-15-18)28-21-7-3-2-6-20(21)27-22/h2-12,15,19,25,27-28H,13-14H2,1H3/t19-,25-/m0/s1. The normalized spacial score (nSPS) is 20.8. The molecule has 0 radical (unpaired) electrons. The van der Waals surface area contributed by atoms with Crippen LogP contribution in [0.15, 0.2) is 84.3 Å². The van der Waals surface area contributed by atoms with Crippen LogP contribution in [0.25, 0.3) is 0 Å². The van der Waals surface area contributed by atoms with Gasteiger partial charge >= 0.3 is 0 Å². The van der Waals surface area contributed by atoms with Crippen molar-refractivity contribution in [2.45, 2.75) is 31.7 Å². The molecule has 0 spiro atoms. The fourth-order valence-corrected chi connectivity index (χ4v) is 4.36. The van der Waals surface area contributed by atoms with E-state index in [1.54, 1.807) is 6.20 Å². The van der Waals surface area contributed by atoms with Crippen LogP contribution >= 0.6 is 0 Å². The largest absolute Gasteiger partial charge is 0.372 e. The molecule has 0 unspecified atom stereocenters. The zero-order chi connectivity index (χ0) is 19.8. The van der Waals surface area contributed by atoms with Crippen LogP contribution in [-0.4, -0.2) is 10.8 Å². The summed E-state index contributed by atoms with van der Waals surface area (Å²) in [5.41, 5.74) is 7.30. The van der Waals surface area contributed by atoms with E-state index in [1.807, 2.05) is 36.5 Å². The molecule has 4 heteroatoms. The first-order valence-electron chi connectivity index (χ1n) is 10.0. The van der Waals surface area contributed by atoms with Gasteiger partial charge in [-0.3, -0.25) is 9.78 Å². The Balaban J connectivity index is 1.60. The molecule has 5 rings (SSSR count). The molecule has 2 aromatic carbocycles. The monoisotopic (exact) mass is 381 g/mol. The van der Waals surface area contributed by atoms with Crippen LogP contribution in [0, 0.1) is 6.92 Å². The SMILES string of the molecule is Cc1ccc([C@@H]2CC(=O)C3=C(C2)Nc2ccccc2N[C@H]3c2cccnc2)cc1. The Kier molecular flexibility index (Phi) is 4.39. The fraction of sp³-hybridized carbons (Fsp3) is 0.200. The molecule has 0 saturated carbocycles. The summed E-state index contributed by atoms with van der Waals surface area (Å²) in [4.78, 5) is 17.7. The number of anilines is 2. The molecule has 1 aliphatic heterocycles. The van der Waals surface area contributed by atoms with E-state index < -0.39 is 0 Å². The van der Waals surface area contributed by atoms with E-state index in [-0.39, 0.29) is 17.7 Å². The Morgan fingerprint density at radius 3 is 2.45 bits per heavy atom. The van der Waals surface area contributed by atoms with Gasteiger partial charge in [-0.05, 0) is 48.6 Å². The van der Waals surface area contributed by atoms with Gasteiger partial charge in [0.15, 0.2) is 5.78 Å². The van der Waals surface area contributed by atoms with E-state index in [2.05, 4.69) is 52.9 Å². The number of fused-ring (bicyclic) bond motifs is 1. The molecule has 3 aromatic rings. The third-order valence-electron chi connectivity index (χ3n) is 5.88. The van der Waals surface area contributed by atoms with Gasteiger partial charge in [0.05, 0.1) is 17.4 Å². The first-order valence-corrected chi connectivity index (χ1v) is 10.0. The van der Waals surface area contributed by atoms with Crippen LogP contribution in [0.3, 0.4) is 0 Å². The molecule has 2 aliphatic rings. The summed E-state index contributed by atoms with van der Waals surface area (Å²) in [5, 5.41) is 7.16. The first-order chi connectivity index (χ1) is 14.2. The van der Waals surface area contributed by atoms with E-state index in [1.165, 1.54) is 11.1 Å². The number of pyridine rings is 1. The van der Waals surface area contributed by atoms with Crippen molar-refractivity contribution >= 4 is 17.2 Å². The Morgan fingerprint density at radius 1 is 0.897 bits per heavy atom. The average molecular weight is 381 g/mol. The summed E-state index contributed by atoms with van der Waals surface area (Å²) >= 11 is 0. The number of rotatable bonds is 2. The highest BCUT2D eigenvalue weighted by atomic mass is 16.1. The lowest BCUT2D eigenvalue weighted by Crippen LogP contribution is -2.26.